The van der Waals surface area contributed by atoms with Crippen LogP contribution in [-0.4, -0.2) is 29.6 Å². The summed E-state index contributed by atoms with van der Waals surface area (Å²) in [5, 5.41) is 10.1. The van der Waals surface area contributed by atoms with E-state index in [9.17, 15) is 13.5 Å². The van der Waals surface area contributed by atoms with Crippen LogP contribution in [0.25, 0.3) is 10.8 Å². The number of fused-ring (bicyclic) bond motifs is 1. The number of alkyl halides is 1. The maximum atomic E-state index is 12.4. The van der Waals surface area contributed by atoms with Crippen LogP contribution in [0.2, 0.25) is 0 Å². The molecule has 2 aromatic rings. The minimum absolute atomic E-state index is 0.00137. The first kappa shape index (κ1) is 14.1. The lowest BCUT2D eigenvalue weighted by Gasteiger charge is -2.12. The quantitative estimate of drug-likeness (QED) is 0.882. The van der Waals surface area contributed by atoms with Gasteiger partial charge in [0.1, 0.15) is 5.75 Å². The minimum Gasteiger partial charge on any atom is -0.508 e. The van der Waals surface area contributed by atoms with Crippen LogP contribution in [0.3, 0.4) is 0 Å². The number of aromatic hydroxyl groups is 1. The second-order valence-electron chi connectivity index (χ2n) is 4.35. The van der Waals surface area contributed by atoms with Crippen LogP contribution in [0.5, 0.6) is 5.75 Å². The van der Waals surface area contributed by atoms with Crippen molar-refractivity contribution in [3.05, 3.63) is 30.5 Å². The Morgan fingerprint density at radius 1 is 1.37 bits per heavy atom. The highest BCUT2D eigenvalue weighted by atomic mass is 35.5. The van der Waals surface area contributed by atoms with Gasteiger partial charge in [-0.25, -0.2) is 13.4 Å². The molecule has 0 fully saturated rings. The summed E-state index contributed by atoms with van der Waals surface area (Å²) in [6.45, 7) is 1.61. The first-order valence-corrected chi connectivity index (χ1v) is 7.92. The molecule has 0 spiro atoms. The summed E-state index contributed by atoms with van der Waals surface area (Å²) in [7, 11) is -3.55. The van der Waals surface area contributed by atoms with Crippen LogP contribution in [0.15, 0.2) is 35.5 Å². The molecule has 6 heteroatoms. The molecule has 1 aromatic heterocycles. The summed E-state index contributed by atoms with van der Waals surface area (Å²) in [6.07, 6.45) is 1.82. The van der Waals surface area contributed by atoms with E-state index in [-0.39, 0.29) is 16.7 Å². The Hall–Kier alpha value is -1.33. The monoisotopic (exact) mass is 299 g/mol. The molecule has 0 radical (unpaired) electrons. The Kier molecular flexibility index (Phi) is 3.96. The molecule has 0 aliphatic rings. The van der Waals surface area contributed by atoms with Crippen molar-refractivity contribution >= 4 is 32.2 Å². The largest absolute Gasteiger partial charge is 0.508 e. The fraction of sp³-hybridized carbons (Fsp3) is 0.308. The van der Waals surface area contributed by atoms with Crippen LogP contribution in [0.1, 0.15) is 13.3 Å². The number of phenolic OH excluding ortho intramolecular Hbond substituents is 1. The first-order chi connectivity index (χ1) is 8.96. The maximum Gasteiger partial charge on any atom is 0.198 e. The smallest absolute Gasteiger partial charge is 0.198 e. The van der Waals surface area contributed by atoms with Gasteiger partial charge in [0.25, 0.3) is 0 Å². The highest BCUT2D eigenvalue weighted by Gasteiger charge is 2.26. The summed E-state index contributed by atoms with van der Waals surface area (Å²) in [5.74, 6) is 0.290. The predicted octanol–water partition coefficient (Wildman–Crippen LogP) is 2.73. The Morgan fingerprint density at radius 2 is 2.11 bits per heavy atom. The molecule has 0 aliphatic heterocycles. The molecule has 2 rings (SSSR count). The van der Waals surface area contributed by atoms with Crippen LogP contribution in [-0.2, 0) is 9.84 Å². The number of hydrogen-bond donors (Lipinski definition) is 1. The topological polar surface area (TPSA) is 67.3 Å². The van der Waals surface area contributed by atoms with Crippen LogP contribution in [0.4, 0.5) is 0 Å². The average Bonchev–Trinajstić information content (AvgIpc) is 2.38. The molecular formula is C13H14ClNO3S. The van der Waals surface area contributed by atoms with E-state index < -0.39 is 15.1 Å². The molecule has 0 amide bonds. The summed E-state index contributed by atoms with van der Waals surface area (Å²) in [5.41, 5.74) is 0. The van der Waals surface area contributed by atoms with E-state index in [0.29, 0.717) is 11.8 Å². The molecule has 102 valence electrons. The van der Waals surface area contributed by atoms with Gasteiger partial charge in [0.05, 0.1) is 5.25 Å². The van der Waals surface area contributed by atoms with Gasteiger partial charge in [-0.15, -0.1) is 11.6 Å². The van der Waals surface area contributed by atoms with E-state index in [1.807, 2.05) is 0 Å². The number of phenols is 1. The lowest BCUT2D eigenvalue weighted by molar-refractivity contribution is 0.476. The van der Waals surface area contributed by atoms with Gasteiger partial charge < -0.3 is 5.11 Å². The summed E-state index contributed by atoms with van der Waals surface area (Å²) >= 11 is 5.61. The zero-order valence-corrected chi connectivity index (χ0v) is 11.9. The lowest BCUT2D eigenvalue weighted by Crippen LogP contribution is -2.19. The predicted molar refractivity (Wildman–Crippen MR) is 75.4 cm³/mol. The molecule has 0 saturated heterocycles. The van der Waals surface area contributed by atoms with Crippen molar-refractivity contribution < 1.29 is 13.5 Å². The van der Waals surface area contributed by atoms with Crippen LogP contribution in [0, 0.1) is 0 Å². The molecule has 0 saturated carbocycles. The number of benzene rings is 1. The zero-order chi connectivity index (χ0) is 14.0. The molecular weight excluding hydrogens is 286 g/mol. The maximum absolute atomic E-state index is 12.4. The van der Waals surface area contributed by atoms with Crippen molar-refractivity contribution in [2.45, 2.75) is 23.6 Å². The van der Waals surface area contributed by atoms with E-state index in [0.717, 1.165) is 5.39 Å². The summed E-state index contributed by atoms with van der Waals surface area (Å²) < 4.78 is 24.9. The van der Waals surface area contributed by atoms with E-state index in [1.54, 1.807) is 19.1 Å². The van der Waals surface area contributed by atoms with Crippen molar-refractivity contribution in [3.8, 4) is 5.75 Å². The number of aromatic nitrogens is 1. The van der Waals surface area contributed by atoms with Gasteiger partial charge in [-0.3, -0.25) is 0 Å². The third-order valence-electron chi connectivity index (χ3n) is 3.03. The number of pyridine rings is 1. The van der Waals surface area contributed by atoms with Gasteiger partial charge in [-0.2, -0.15) is 0 Å². The lowest BCUT2D eigenvalue weighted by atomic mass is 10.2. The molecule has 1 unspecified atom stereocenters. The molecule has 1 heterocycles. The van der Waals surface area contributed by atoms with Gasteiger partial charge >= 0.3 is 0 Å². The number of halogens is 1. The number of nitrogens with zero attached hydrogens (tertiary/aromatic N) is 1. The van der Waals surface area contributed by atoms with Crippen molar-refractivity contribution in [2.24, 2.45) is 0 Å². The number of hydrogen-bond acceptors (Lipinski definition) is 4. The Balaban J connectivity index is 2.65. The van der Waals surface area contributed by atoms with Crippen molar-refractivity contribution in [3.63, 3.8) is 0 Å². The highest BCUT2D eigenvalue weighted by molar-refractivity contribution is 7.92. The molecule has 4 nitrogen and oxygen atoms in total. The molecule has 1 aromatic carbocycles. The Bertz CT molecular complexity index is 700. The van der Waals surface area contributed by atoms with Crippen molar-refractivity contribution in [1.29, 1.82) is 0 Å². The highest BCUT2D eigenvalue weighted by Crippen LogP contribution is 2.27. The zero-order valence-electron chi connectivity index (χ0n) is 10.4. The summed E-state index contributed by atoms with van der Waals surface area (Å²) in [6, 6.07) is 6.31. The second-order valence-corrected chi connectivity index (χ2v) is 7.01. The third-order valence-corrected chi connectivity index (χ3v) is 5.41. The van der Waals surface area contributed by atoms with Gasteiger partial charge in [0, 0.05) is 17.5 Å². The normalized spacial score (nSPS) is 13.6. The summed E-state index contributed by atoms with van der Waals surface area (Å²) in [4.78, 5) is 3.98. The fourth-order valence-electron chi connectivity index (χ4n) is 1.86. The second kappa shape index (κ2) is 5.35. The molecule has 0 bridgehead atoms. The van der Waals surface area contributed by atoms with Crippen molar-refractivity contribution in [1.82, 2.24) is 4.98 Å². The van der Waals surface area contributed by atoms with E-state index >= 15 is 0 Å². The van der Waals surface area contributed by atoms with E-state index in [4.69, 9.17) is 11.6 Å². The Labute approximate surface area is 117 Å². The number of sulfone groups is 1. The SMILES string of the molecule is CC(CCCl)S(=O)(=O)c1nccc2ccc(O)cc12. The molecule has 1 N–H and O–H groups in total. The third kappa shape index (κ3) is 2.67. The average molecular weight is 300 g/mol. The minimum atomic E-state index is -3.55. The van der Waals surface area contributed by atoms with Crippen LogP contribution < -0.4 is 0 Å². The van der Waals surface area contributed by atoms with Crippen molar-refractivity contribution in [2.75, 3.05) is 5.88 Å². The number of rotatable bonds is 4. The molecule has 1 atom stereocenters. The fourth-order valence-corrected chi connectivity index (χ4v) is 3.81. The van der Waals surface area contributed by atoms with E-state index in [2.05, 4.69) is 4.98 Å². The first-order valence-electron chi connectivity index (χ1n) is 5.84. The van der Waals surface area contributed by atoms with Gasteiger partial charge in [0.15, 0.2) is 14.9 Å². The standard InChI is InChI=1S/C13H14ClNO3S/c1-9(4-6-14)19(17,18)13-12-8-11(16)3-2-10(12)5-7-15-13/h2-3,5,7-9,16H,4,6H2,1H3. The van der Waals surface area contributed by atoms with Gasteiger partial charge in [0.2, 0.25) is 0 Å². The molecule has 0 aliphatic carbocycles. The van der Waals surface area contributed by atoms with Crippen LogP contribution >= 0.6 is 11.6 Å². The Morgan fingerprint density at radius 3 is 2.79 bits per heavy atom. The van der Waals surface area contributed by atoms with Gasteiger partial charge in [-0.1, -0.05) is 6.07 Å². The molecule has 19 heavy (non-hydrogen) atoms. The van der Waals surface area contributed by atoms with Gasteiger partial charge in [-0.05, 0) is 36.9 Å². The van der Waals surface area contributed by atoms with E-state index in [1.165, 1.54) is 18.3 Å².